The Morgan fingerprint density at radius 3 is 2.62 bits per heavy atom. The van der Waals surface area contributed by atoms with E-state index in [1.807, 2.05) is 49.5 Å². The first-order chi connectivity index (χ1) is 10.2. The maximum Gasteiger partial charge on any atom is 0.219 e. The molecule has 3 rings (SSSR count). The predicted molar refractivity (Wildman–Crippen MR) is 85.6 cm³/mol. The van der Waals surface area contributed by atoms with E-state index >= 15 is 0 Å². The van der Waals surface area contributed by atoms with Crippen LogP contribution in [0.1, 0.15) is 12.5 Å². The van der Waals surface area contributed by atoms with E-state index in [9.17, 15) is 0 Å². The van der Waals surface area contributed by atoms with Crippen LogP contribution in [0.2, 0.25) is 0 Å². The van der Waals surface area contributed by atoms with Crippen LogP contribution in [0, 0.1) is 0 Å². The Balaban J connectivity index is 1.85. The monoisotopic (exact) mass is 278 g/mol. The number of pyridine rings is 1. The minimum Gasteiger partial charge on any atom is -0.438 e. The van der Waals surface area contributed by atoms with E-state index in [1.54, 1.807) is 0 Å². The number of aromatic nitrogens is 1. The molecule has 2 N–H and O–H groups in total. The van der Waals surface area contributed by atoms with E-state index in [0.717, 1.165) is 28.5 Å². The summed E-state index contributed by atoms with van der Waals surface area (Å²) in [5.74, 6) is 1.42. The van der Waals surface area contributed by atoms with E-state index in [-0.39, 0.29) is 6.04 Å². The van der Waals surface area contributed by atoms with E-state index < -0.39 is 0 Å². The summed E-state index contributed by atoms with van der Waals surface area (Å²) in [5.41, 5.74) is 6.91. The zero-order valence-corrected chi connectivity index (χ0v) is 12.0. The molecule has 0 radical (unpaired) electrons. The van der Waals surface area contributed by atoms with Crippen molar-refractivity contribution in [1.29, 1.82) is 0 Å². The average Bonchev–Trinajstić information content (AvgIpc) is 2.49. The molecule has 3 heteroatoms. The highest BCUT2D eigenvalue weighted by atomic mass is 16.5. The van der Waals surface area contributed by atoms with E-state index in [4.69, 9.17) is 10.5 Å². The Kier molecular flexibility index (Phi) is 3.84. The van der Waals surface area contributed by atoms with Crippen LogP contribution >= 0.6 is 0 Å². The summed E-state index contributed by atoms with van der Waals surface area (Å²) >= 11 is 0. The summed E-state index contributed by atoms with van der Waals surface area (Å²) < 4.78 is 5.91. The van der Waals surface area contributed by atoms with Gasteiger partial charge >= 0.3 is 0 Å². The second-order valence-corrected chi connectivity index (χ2v) is 5.27. The number of hydrogen-bond donors (Lipinski definition) is 1. The van der Waals surface area contributed by atoms with Crippen molar-refractivity contribution in [2.24, 2.45) is 5.73 Å². The fourth-order valence-electron chi connectivity index (χ4n) is 2.36. The van der Waals surface area contributed by atoms with Crippen molar-refractivity contribution in [2.75, 3.05) is 0 Å². The first-order valence-corrected chi connectivity index (χ1v) is 7.08. The van der Waals surface area contributed by atoms with Gasteiger partial charge in [0.2, 0.25) is 5.88 Å². The lowest BCUT2D eigenvalue weighted by molar-refractivity contribution is 0.467. The van der Waals surface area contributed by atoms with Crippen LogP contribution in [-0.2, 0) is 6.42 Å². The highest BCUT2D eigenvalue weighted by molar-refractivity contribution is 5.88. The lowest BCUT2D eigenvalue weighted by atomic mass is 10.1. The number of hydrogen-bond acceptors (Lipinski definition) is 3. The van der Waals surface area contributed by atoms with Crippen molar-refractivity contribution in [1.82, 2.24) is 4.98 Å². The van der Waals surface area contributed by atoms with Crippen molar-refractivity contribution >= 4 is 10.8 Å². The van der Waals surface area contributed by atoms with Crippen LogP contribution < -0.4 is 10.5 Å². The van der Waals surface area contributed by atoms with Crippen LogP contribution in [0.15, 0.2) is 60.8 Å². The summed E-state index contributed by atoms with van der Waals surface area (Å²) in [6.45, 7) is 1.99. The molecular formula is C18H18N2O. The van der Waals surface area contributed by atoms with Crippen molar-refractivity contribution in [3.05, 3.63) is 66.4 Å². The van der Waals surface area contributed by atoms with Gasteiger partial charge < -0.3 is 10.5 Å². The molecule has 2 aromatic carbocycles. The van der Waals surface area contributed by atoms with E-state index in [1.165, 1.54) is 0 Å². The number of rotatable bonds is 4. The summed E-state index contributed by atoms with van der Waals surface area (Å²) in [6.07, 6.45) is 2.64. The second-order valence-electron chi connectivity index (χ2n) is 5.27. The maximum absolute atomic E-state index is 5.91. The minimum atomic E-state index is 0.136. The molecule has 3 nitrogen and oxygen atoms in total. The predicted octanol–water partition coefficient (Wildman–Crippen LogP) is 3.92. The van der Waals surface area contributed by atoms with Gasteiger partial charge in [-0.2, -0.15) is 0 Å². The molecule has 0 saturated heterocycles. The molecule has 0 aliphatic carbocycles. The Bertz CT molecular complexity index is 730. The van der Waals surface area contributed by atoms with Gasteiger partial charge in [0.05, 0.1) is 0 Å². The van der Waals surface area contributed by atoms with Crippen LogP contribution in [0.3, 0.4) is 0 Å². The number of nitrogens with zero attached hydrogens (tertiary/aromatic N) is 1. The van der Waals surface area contributed by atoms with Gasteiger partial charge in [-0.15, -0.1) is 0 Å². The van der Waals surface area contributed by atoms with E-state index in [0.29, 0.717) is 5.88 Å². The fourth-order valence-corrected chi connectivity index (χ4v) is 2.36. The third kappa shape index (κ3) is 3.20. The van der Waals surface area contributed by atoms with Crippen LogP contribution in [0.25, 0.3) is 10.8 Å². The molecule has 106 valence electrons. The third-order valence-electron chi connectivity index (χ3n) is 3.32. The highest BCUT2D eigenvalue weighted by Crippen LogP contribution is 2.28. The molecule has 0 saturated carbocycles. The normalized spacial score (nSPS) is 12.3. The molecular weight excluding hydrogens is 260 g/mol. The minimum absolute atomic E-state index is 0.136. The molecule has 21 heavy (non-hydrogen) atoms. The summed E-state index contributed by atoms with van der Waals surface area (Å²) in [7, 11) is 0. The molecule has 0 spiro atoms. The average molecular weight is 278 g/mol. The summed E-state index contributed by atoms with van der Waals surface area (Å²) in [5, 5.41) is 2.24. The Hall–Kier alpha value is -2.39. The van der Waals surface area contributed by atoms with Gasteiger partial charge in [0.15, 0.2) is 0 Å². The SMILES string of the molecule is CC(N)Cc1ccc(Oc2cccc3ccccc23)nc1. The molecule has 0 aliphatic heterocycles. The highest BCUT2D eigenvalue weighted by Gasteiger charge is 2.04. The first kappa shape index (κ1) is 13.6. The lowest BCUT2D eigenvalue weighted by Gasteiger charge is -2.09. The number of benzene rings is 2. The molecule has 3 aromatic rings. The third-order valence-corrected chi connectivity index (χ3v) is 3.32. The fraction of sp³-hybridized carbons (Fsp3) is 0.167. The zero-order chi connectivity index (χ0) is 14.7. The van der Waals surface area contributed by atoms with Gasteiger partial charge in [-0.25, -0.2) is 4.98 Å². The maximum atomic E-state index is 5.91. The van der Waals surface area contributed by atoms with Gasteiger partial charge in [0.1, 0.15) is 5.75 Å². The first-order valence-electron chi connectivity index (χ1n) is 7.08. The van der Waals surface area contributed by atoms with Crippen LogP contribution in [-0.4, -0.2) is 11.0 Å². The standard InChI is InChI=1S/C18H18N2O/c1-13(19)11-14-9-10-18(20-12-14)21-17-8-4-6-15-5-2-3-7-16(15)17/h2-10,12-13H,11,19H2,1H3. The molecule has 1 heterocycles. The van der Waals surface area contributed by atoms with Crippen molar-refractivity contribution in [3.63, 3.8) is 0 Å². The molecule has 1 atom stereocenters. The van der Waals surface area contributed by atoms with Gasteiger partial charge in [0, 0.05) is 23.7 Å². The Morgan fingerprint density at radius 2 is 1.86 bits per heavy atom. The van der Waals surface area contributed by atoms with Crippen LogP contribution in [0.5, 0.6) is 11.6 Å². The smallest absolute Gasteiger partial charge is 0.219 e. The second kappa shape index (κ2) is 5.94. The molecule has 0 bridgehead atoms. The molecule has 0 aliphatic rings. The topological polar surface area (TPSA) is 48.1 Å². The van der Waals surface area contributed by atoms with Gasteiger partial charge in [0.25, 0.3) is 0 Å². The van der Waals surface area contributed by atoms with Gasteiger partial charge in [-0.05, 0) is 30.4 Å². The zero-order valence-electron chi connectivity index (χ0n) is 12.0. The lowest BCUT2D eigenvalue weighted by Crippen LogP contribution is -2.17. The number of nitrogens with two attached hydrogens (primary N) is 1. The summed E-state index contributed by atoms with van der Waals surface area (Å²) in [6, 6.07) is 18.2. The molecule has 0 fully saturated rings. The van der Waals surface area contributed by atoms with Crippen LogP contribution in [0.4, 0.5) is 0 Å². The molecule has 0 amide bonds. The molecule has 1 aromatic heterocycles. The number of fused-ring (bicyclic) bond motifs is 1. The Labute approximate surface area is 124 Å². The van der Waals surface area contributed by atoms with Crippen molar-refractivity contribution < 1.29 is 4.74 Å². The van der Waals surface area contributed by atoms with E-state index in [2.05, 4.69) is 23.2 Å². The largest absolute Gasteiger partial charge is 0.438 e. The Morgan fingerprint density at radius 1 is 1.05 bits per heavy atom. The van der Waals surface area contributed by atoms with Crippen molar-refractivity contribution in [3.8, 4) is 11.6 Å². The van der Waals surface area contributed by atoms with Crippen molar-refractivity contribution in [2.45, 2.75) is 19.4 Å². The number of ether oxygens (including phenoxy) is 1. The molecule has 1 unspecified atom stereocenters. The van der Waals surface area contributed by atoms with Gasteiger partial charge in [-0.1, -0.05) is 42.5 Å². The quantitative estimate of drug-likeness (QED) is 0.787. The summed E-state index contributed by atoms with van der Waals surface area (Å²) in [4.78, 5) is 4.36. The van der Waals surface area contributed by atoms with Gasteiger partial charge in [-0.3, -0.25) is 0 Å².